The van der Waals surface area contributed by atoms with Gasteiger partial charge in [-0.15, -0.1) is 0 Å². The molecule has 2 aromatic heterocycles. The lowest BCUT2D eigenvalue weighted by Crippen LogP contribution is -1.92. The van der Waals surface area contributed by atoms with E-state index < -0.39 is 0 Å². The lowest BCUT2D eigenvalue weighted by atomic mass is 10.2. The maximum Gasteiger partial charge on any atom is 0.181 e. The highest BCUT2D eigenvalue weighted by Gasteiger charge is 2.06. The summed E-state index contributed by atoms with van der Waals surface area (Å²) in [5.41, 5.74) is 5.92. The van der Waals surface area contributed by atoms with Gasteiger partial charge in [-0.05, 0) is 58.5 Å². The molecule has 0 aliphatic heterocycles. The summed E-state index contributed by atoms with van der Waals surface area (Å²) in [5.74, 6) is 0.756. The third-order valence-electron chi connectivity index (χ3n) is 2.78. The minimum atomic E-state index is 0.756. The van der Waals surface area contributed by atoms with Crippen LogP contribution in [0.15, 0.2) is 64.8 Å². The van der Waals surface area contributed by atoms with Gasteiger partial charge < -0.3 is 4.42 Å². The second-order valence-corrected chi connectivity index (χ2v) is 5.37. The zero-order chi connectivity index (χ0) is 14.5. The van der Waals surface area contributed by atoms with Crippen molar-refractivity contribution in [3.05, 3.63) is 64.4 Å². The molecule has 0 fully saturated rings. The van der Waals surface area contributed by atoms with E-state index in [4.69, 9.17) is 4.42 Å². The average Bonchev–Trinajstić information content (AvgIpc) is 3.02. The molecular formula is C15H11IN4O. The van der Waals surface area contributed by atoms with Crippen LogP contribution in [-0.2, 0) is 0 Å². The van der Waals surface area contributed by atoms with Crippen molar-refractivity contribution in [1.82, 2.24) is 9.97 Å². The number of benzene rings is 1. The standard InChI is InChI=1S/C15H11IN4O/c16-14-7-12(1-2-13(14)15-9-18-10-21-15)20-19-8-11-3-5-17-6-4-11/h1-10,20H/b19-8+. The summed E-state index contributed by atoms with van der Waals surface area (Å²) in [5, 5.41) is 4.20. The first-order valence-corrected chi connectivity index (χ1v) is 7.28. The van der Waals surface area contributed by atoms with Crippen molar-refractivity contribution in [3.63, 3.8) is 0 Å². The van der Waals surface area contributed by atoms with Gasteiger partial charge in [0, 0.05) is 21.5 Å². The second-order valence-electron chi connectivity index (χ2n) is 4.21. The number of anilines is 1. The van der Waals surface area contributed by atoms with Crippen LogP contribution in [0.1, 0.15) is 5.56 Å². The largest absolute Gasteiger partial charge is 0.443 e. The first-order chi connectivity index (χ1) is 10.3. The molecule has 0 radical (unpaired) electrons. The van der Waals surface area contributed by atoms with E-state index in [9.17, 15) is 0 Å². The van der Waals surface area contributed by atoms with Crippen molar-refractivity contribution in [2.24, 2.45) is 5.10 Å². The Morgan fingerprint density at radius 3 is 2.71 bits per heavy atom. The Bertz CT molecular complexity index is 742. The molecule has 0 aliphatic rings. The normalized spacial score (nSPS) is 10.9. The van der Waals surface area contributed by atoms with Crippen LogP contribution in [0, 0.1) is 3.57 Å². The molecule has 104 valence electrons. The number of hydrogen-bond donors (Lipinski definition) is 1. The maximum absolute atomic E-state index is 5.31. The van der Waals surface area contributed by atoms with Crippen LogP contribution >= 0.6 is 22.6 Å². The van der Waals surface area contributed by atoms with Crippen LogP contribution < -0.4 is 5.43 Å². The molecule has 3 rings (SSSR count). The Balaban J connectivity index is 1.73. The van der Waals surface area contributed by atoms with Crippen LogP contribution in [0.5, 0.6) is 0 Å². The highest BCUT2D eigenvalue weighted by atomic mass is 127. The van der Waals surface area contributed by atoms with Crippen LogP contribution in [0.2, 0.25) is 0 Å². The van der Waals surface area contributed by atoms with Gasteiger partial charge in [0.15, 0.2) is 12.2 Å². The summed E-state index contributed by atoms with van der Waals surface area (Å²) in [6, 6.07) is 9.71. The molecule has 1 N–H and O–H groups in total. The van der Waals surface area contributed by atoms with Gasteiger partial charge in [-0.1, -0.05) is 0 Å². The van der Waals surface area contributed by atoms with E-state index >= 15 is 0 Å². The molecule has 0 amide bonds. The van der Waals surface area contributed by atoms with Crippen molar-refractivity contribution < 1.29 is 4.42 Å². The Morgan fingerprint density at radius 1 is 1.14 bits per heavy atom. The summed E-state index contributed by atoms with van der Waals surface area (Å²) in [7, 11) is 0. The first kappa shape index (κ1) is 13.7. The van der Waals surface area contributed by atoms with Crippen LogP contribution in [-0.4, -0.2) is 16.2 Å². The predicted octanol–water partition coefficient (Wildman–Crippen LogP) is 3.79. The number of hydrogen-bond acceptors (Lipinski definition) is 5. The van der Waals surface area contributed by atoms with E-state index in [2.05, 4.69) is 43.1 Å². The number of halogens is 1. The molecule has 2 heterocycles. The fraction of sp³-hybridized carbons (Fsp3) is 0. The topological polar surface area (TPSA) is 63.3 Å². The van der Waals surface area contributed by atoms with Crippen LogP contribution in [0.4, 0.5) is 5.69 Å². The minimum absolute atomic E-state index is 0.756. The number of rotatable bonds is 4. The Kier molecular flexibility index (Phi) is 4.25. The van der Waals surface area contributed by atoms with Gasteiger partial charge in [-0.3, -0.25) is 10.4 Å². The molecule has 0 atom stereocenters. The number of hydrazone groups is 1. The highest BCUT2D eigenvalue weighted by molar-refractivity contribution is 14.1. The van der Waals surface area contributed by atoms with Crippen LogP contribution in [0.25, 0.3) is 11.3 Å². The molecule has 5 nitrogen and oxygen atoms in total. The summed E-state index contributed by atoms with van der Waals surface area (Å²) in [6.45, 7) is 0. The van der Waals surface area contributed by atoms with Crippen molar-refractivity contribution >= 4 is 34.5 Å². The highest BCUT2D eigenvalue weighted by Crippen LogP contribution is 2.27. The van der Waals surface area contributed by atoms with Crippen molar-refractivity contribution in [2.75, 3.05) is 5.43 Å². The van der Waals surface area contributed by atoms with Crippen molar-refractivity contribution in [3.8, 4) is 11.3 Å². The number of aromatic nitrogens is 2. The predicted molar refractivity (Wildman–Crippen MR) is 90.1 cm³/mol. The quantitative estimate of drug-likeness (QED) is 0.418. The molecule has 21 heavy (non-hydrogen) atoms. The Morgan fingerprint density at radius 2 is 2.00 bits per heavy atom. The fourth-order valence-corrected chi connectivity index (χ4v) is 2.55. The average molecular weight is 390 g/mol. The molecule has 1 aromatic carbocycles. The number of pyridine rings is 1. The zero-order valence-electron chi connectivity index (χ0n) is 10.9. The molecule has 6 heteroatoms. The van der Waals surface area contributed by atoms with Crippen molar-refractivity contribution in [2.45, 2.75) is 0 Å². The number of nitrogens with zero attached hydrogens (tertiary/aromatic N) is 3. The van der Waals surface area contributed by atoms with Gasteiger partial charge in [0.25, 0.3) is 0 Å². The van der Waals surface area contributed by atoms with E-state index in [-0.39, 0.29) is 0 Å². The van der Waals surface area contributed by atoms with Gasteiger partial charge >= 0.3 is 0 Å². The monoisotopic (exact) mass is 390 g/mol. The smallest absolute Gasteiger partial charge is 0.181 e. The maximum atomic E-state index is 5.31. The molecule has 3 aromatic rings. The molecule has 0 aliphatic carbocycles. The summed E-state index contributed by atoms with van der Waals surface area (Å²) >= 11 is 2.26. The van der Waals surface area contributed by atoms with E-state index in [1.165, 1.54) is 6.39 Å². The number of nitrogens with one attached hydrogen (secondary N) is 1. The summed E-state index contributed by atoms with van der Waals surface area (Å²) in [6.07, 6.45) is 8.34. The summed E-state index contributed by atoms with van der Waals surface area (Å²) in [4.78, 5) is 7.89. The third-order valence-corrected chi connectivity index (χ3v) is 3.67. The van der Waals surface area contributed by atoms with Gasteiger partial charge in [0.05, 0.1) is 18.1 Å². The molecular weight excluding hydrogens is 379 g/mol. The SMILES string of the molecule is Ic1cc(N/N=C/c2ccncc2)ccc1-c1cnco1. The Labute approximate surface area is 135 Å². The van der Waals surface area contributed by atoms with E-state index in [0.717, 1.165) is 26.1 Å². The van der Waals surface area contributed by atoms with Gasteiger partial charge in [-0.2, -0.15) is 5.10 Å². The third kappa shape index (κ3) is 3.46. The lowest BCUT2D eigenvalue weighted by molar-refractivity contribution is 0.571. The van der Waals surface area contributed by atoms with Gasteiger partial charge in [0.1, 0.15) is 0 Å². The Hall–Kier alpha value is -2.22. The van der Waals surface area contributed by atoms with Gasteiger partial charge in [0.2, 0.25) is 0 Å². The second kappa shape index (κ2) is 6.49. The summed E-state index contributed by atoms with van der Waals surface area (Å²) < 4.78 is 6.37. The van der Waals surface area contributed by atoms with Gasteiger partial charge in [-0.25, -0.2) is 4.98 Å². The fourth-order valence-electron chi connectivity index (χ4n) is 1.76. The molecule has 0 bridgehead atoms. The number of oxazole rings is 1. The lowest BCUT2D eigenvalue weighted by Gasteiger charge is -2.04. The zero-order valence-corrected chi connectivity index (χ0v) is 13.1. The minimum Gasteiger partial charge on any atom is -0.443 e. The molecule has 0 spiro atoms. The molecule has 0 unspecified atom stereocenters. The van der Waals surface area contributed by atoms with E-state index in [1.54, 1.807) is 24.8 Å². The van der Waals surface area contributed by atoms with E-state index in [1.807, 2.05) is 30.3 Å². The van der Waals surface area contributed by atoms with Crippen molar-refractivity contribution in [1.29, 1.82) is 0 Å². The molecule has 0 saturated carbocycles. The van der Waals surface area contributed by atoms with E-state index in [0.29, 0.717) is 0 Å². The molecule has 0 saturated heterocycles. The first-order valence-electron chi connectivity index (χ1n) is 6.20. The van der Waals surface area contributed by atoms with Crippen LogP contribution in [0.3, 0.4) is 0 Å².